The van der Waals surface area contributed by atoms with E-state index in [9.17, 15) is 9.59 Å². The fourth-order valence-electron chi connectivity index (χ4n) is 9.55. The lowest BCUT2D eigenvalue weighted by Gasteiger charge is -2.51. The zero-order valence-electron chi connectivity index (χ0n) is 41.5. The summed E-state index contributed by atoms with van der Waals surface area (Å²) in [5.74, 6) is 0.501. The zero-order chi connectivity index (χ0) is 51.3. The van der Waals surface area contributed by atoms with Gasteiger partial charge in [-0.15, -0.1) is 0 Å². The summed E-state index contributed by atoms with van der Waals surface area (Å²) in [6.45, 7) is 0.130. The molecule has 1 amide bonds. The molecule has 3 heterocycles. The number of alkyl carbamates (subject to hydrolysis) is 1. The monoisotopic (exact) mass is 1020 g/mol. The van der Waals surface area contributed by atoms with E-state index >= 15 is 0 Å². The summed E-state index contributed by atoms with van der Waals surface area (Å²) in [6, 6.07) is 57.2. The fraction of sp³-hybridized carbons (Fsp3) is 0.300. The van der Waals surface area contributed by atoms with Crippen LogP contribution in [0.5, 0.6) is 11.5 Å². The standard InChI is InChI=1S/C60H59NO14/c1-64-44-30-32-45(33-31-44)66-37-48-51(53(67-34-39-18-7-3-8-19-39)50(58(65-2)71-48)61-60(63)70-36-41-22-11-5-12-23-41)75-59-55(73-56(62)43-25-13-6-14-26-43)54(68-35-40-20-9-4-10-21-40)52-49(72-59)38-69-57(74-52)47-29-17-27-42-24-15-16-28-46(42)47/h3-33,48-55,57-59H,34-38H2,1-2H3,(H,61,63)/t48-,49+,50-,51-,52-,53-,54+,55-,57-,58+,59+/m1/s1. The van der Waals surface area contributed by atoms with Gasteiger partial charge in [0.05, 0.1) is 32.5 Å². The Hall–Kier alpha value is -7.18. The molecule has 0 radical (unpaired) electrons. The van der Waals surface area contributed by atoms with E-state index in [4.69, 9.17) is 56.8 Å². The second-order valence-corrected chi connectivity index (χ2v) is 18.2. The van der Waals surface area contributed by atoms with Gasteiger partial charge < -0.3 is 62.2 Å². The lowest BCUT2D eigenvalue weighted by atomic mass is 9.94. The molecule has 3 fully saturated rings. The van der Waals surface area contributed by atoms with Crippen LogP contribution in [0.15, 0.2) is 188 Å². The van der Waals surface area contributed by atoms with Crippen LogP contribution >= 0.6 is 0 Å². The summed E-state index contributed by atoms with van der Waals surface area (Å²) in [7, 11) is 3.06. The Morgan fingerprint density at radius 1 is 0.573 bits per heavy atom. The minimum atomic E-state index is -1.40. The van der Waals surface area contributed by atoms with Gasteiger partial charge in [-0.2, -0.15) is 0 Å². The topological polar surface area (TPSA) is 157 Å². The highest BCUT2D eigenvalue weighted by Gasteiger charge is 2.57. The van der Waals surface area contributed by atoms with Crippen LogP contribution < -0.4 is 14.8 Å². The van der Waals surface area contributed by atoms with E-state index in [-0.39, 0.29) is 33.0 Å². The summed E-state index contributed by atoms with van der Waals surface area (Å²) >= 11 is 0. The van der Waals surface area contributed by atoms with Gasteiger partial charge in [0.25, 0.3) is 0 Å². The van der Waals surface area contributed by atoms with Gasteiger partial charge in [-0.25, -0.2) is 9.59 Å². The molecule has 0 saturated carbocycles. The molecule has 10 rings (SSSR count). The van der Waals surface area contributed by atoms with Crippen molar-refractivity contribution in [3.05, 3.63) is 216 Å². The molecule has 0 aromatic heterocycles. The van der Waals surface area contributed by atoms with Crippen molar-refractivity contribution in [1.29, 1.82) is 0 Å². The van der Waals surface area contributed by atoms with Crippen molar-refractivity contribution >= 4 is 22.8 Å². The third-order valence-corrected chi connectivity index (χ3v) is 13.3. The number of amides is 1. The average molecular weight is 1020 g/mol. The van der Waals surface area contributed by atoms with Gasteiger partial charge in [0.15, 0.2) is 25.0 Å². The highest BCUT2D eigenvalue weighted by Crippen LogP contribution is 2.41. The molecule has 11 atom stereocenters. The Bertz CT molecular complexity index is 2890. The summed E-state index contributed by atoms with van der Waals surface area (Å²) in [5.41, 5.74) is 3.60. The molecule has 3 saturated heterocycles. The largest absolute Gasteiger partial charge is 0.497 e. The molecule has 0 bridgehead atoms. The number of methoxy groups -OCH3 is 2. The van der Waals surface area contributed by atoms with Crippen molar-refractivity contribution < 1.29 is 66.4 Å². The molecular weight excluding hydrogens is 959 g/mol. The van der Waals surface area contributed by atoms with E-state index in [2.05, 4.69) is 5.32 Å². The average Bonchev–Trinajstić information content (AvgIpc) is 3.47. The fourth-order valence-corrected chi connectivity index (χ4v) is 9.55. The molecule has 0 unspecified atom stereocenters. The Balaban J connectivity index is 1.03. The first-order valence-corrected chi connectivity index (χ1v) is 25.0. The van der Waals surface area contributed by atoms with Crippen molar-refractivity contribution in [3.8, 4) is 11.5 Å². The Morgan fingerprint density at radius 2 is 1.17 bits per heavy atom. The second kappa shape index (κ2) is 24.9. The van der Waals surface area contributed by atoms with Crippen LogP contribution in [0, 0.1) is 0 Å². The maximum Gasteiger partial charge on any atom is 0.407 e. The molecule has 7 aromatic carbocycles. The lowest BCUT2D eigenvalue weighted by molar-refractivity contribution is -0.385. The predicted molar refractivity (Wildman–Crippen MR) is 274 cm³/mol. The molecule has 75 heavy (non-hydrogen) atoms. The van der Waals surface area contributed by atoms with Crippen molar-refractivity contribution in [2.45, 2.75) is 87.5 Å². The molecule has 0 spiro atoms. The van der Waals surface area contributed by atoms with E-state index < -0.39 is 79.7 Å². The van der Waals surface area contributed by atoms with Crippen molar-refractivity contribution in [1.82, 2.24) is 5.32 Å². The number of carbonyl (C=O) groups is 2. The minimum Gasteiger partial charge on any atom is -0.497 e. The van der Waals surface area contributed by atoms with Gasteiger partial charge in [-0.1, -0.05) is 152 Å². The predicted octanol–water partition coefficient (Wildman–Crippen LogP) is 9.51. The smallest absolute Gasteiger partial charge is 0.407 e. The molecule has 3 aliphatic heterocycles. The van der Waals surface area contributed by atoms with E-state index in [1.807, 2.05) is 140 Å². The summed E-state index contributed by atoms with van der Waals surface area (Å²) in [6.07, 6.45) is -11.3. The molecule has 15 heteroatoms. The quantitative estimate of drug-likeness (QED) is 0.0764. The van der Waals surface area contributed by atoms with Crippen molar-refractivity contribution in [3.63, 3.8) is 0 Å². The van der Waals surface area contributed by atoms with E-state index in [1.54, 1.807) is 55.6 Å². The zero-order valence-corrected chi connectivity index (χ0v) is 41.5. The lowest BCUT2D eigenvalue weighted by Crippen LogP contribution is -2.69. The van der Waals surface area contributed by atoms with E-state index in [0.717, 1.165) is 33.0 Å². The third-order valence-electron chi connectivity index (χ3n) is 13.3. The van der Waals surface area contributed by atoms with Gasteiger partial charge in [-0.3, -0.25) is 0 Å². The molecule has 3 aliphatic rings. The molecule has 388 valence electrons. The number of hydrogen-bond acceptors (Lipinski definition) is 14. The Labute approximate surface area is 435 Å². The molecule has 7 aromatic rings. The van der Waals surface area contributed by atoms with E-state index in [0.29, 0.717) is 17.1 Å². The van der Waals surface area contributed by atoms with Crippen LogP contribution in [0.1, 0.15) is 38.9 Å². The Kier molecular flexibility index (Phi) is 17.0. The number of nitrogens with one attached hydrogen (secondary N) is 1. The highest BCUT2D eigenvalue weighted by atomic mass is 16.8. The molecule has 1 N–H and O–H groups in total. The van der Waals surface area contributed by atoms with Crippen LogP contribution in [0.4, 0.5) is 4.79 Å². The molecule has 0 aliphatic carbocycles. The van der Waals surface area contributed by atoms with Crippen LogP contribution in [-0.2, 0) is 67.2 Å². The third kappa shape index (κ3) is 12.7. The van der Waals surface area contributed by atoms with Gasteiger partial charge >= 0.3 is 12.1 Å². The van der Waals surface area contributed by atoms with Gasteiger partial charge in [0, 0.05) is 12.7 Å². The molecule has 15 nitrogen and oxygen atoms in total. The number of hydrogen-bond donors (Lipinski definition) is 1. The van der Waals surface area contributed by atoms with Crippen LogP contribution in [-0.4, -0.2) is 101 Å². The first-order valence-electron chi connectivity index (χ1n) is 25.0. The first kappa shape index (κ1) is 51.3. The second-order valence-electron chi connectivity index (χ2n) is 18.2. The SMILES string of the molecule is COc1ccc(OC[C@H]2O[C@H](OC)[C@H](NC(=O)OCc3ccccc3)[C@@H](OCc3ccccc3)[C@@H]2O[C@@H]2O[C@H]3CO[C@@H](c4cccc5ccccc45)O[C@H]3[C@H](OCc3ccccc3)[C@H]2OC(=O)c2ccccc2)cc1. The first-order chi connectivity index (χ1) is 36.9. The van der Waals surface area contributed by atoms with Crippen LogP contribution in [0.25, 0.3) is 10.8 Å². The number of carbonyl (C=O) groups excluding carboxylic acids is 2. The number of ether oxygens (including phenoxy) is 12. The van der Waals surface area contributed by atoms with E-state index in [1.165, 1.54) is 7.11 Å². The molecular formula is C60H59NO14. The van der Waals surface area contributed by atoms with Crippen LogP contribution in [0.3, 0.4) is 0 Å². The highest BCUT2D eigenvalue weighted by molar-refractivity contribution is 5.89. The Morgan fingerprint density at radius 3 is 1.84 bits per heavy atom. The van der Waals surface area contributed by atoms with Gasteiger partial charge in [0.1, 0.15) is 67.4 Å². The maximum atomic E-state index is 14.5. The normalized spacial score (nSPS) is 25.3. The summed E-state index contributed by atoms with van der Waals surface area (Å²) in [4.78, 5) is 28.4. The summed E-state index contributed by atoms with van der Waals surface area (Å²) < 4.78 is 78.4. The number of esters is 1. The van der Waals surface area contributed by atoms with Gasteiger partial charge in [0.2, 0.25) is 0 Å². The van der Waals surface area contributed by atoms with Gasteiger partial charge in [-0.05, 0) is 63.9 Å². The minimum absolute atomic E-state index is 0.00547. The van der Waals surface area contributed by atoms with Crippen LogP contribution in [0.2, 0.25) is 0 Å². The number of rotatable bonds is 19. The maximum absolute atomic E-state index is 14.5. The number of benzene rings is 7. The van der Waals surface area contributed by atoms with Crippen molar-refractivity contribution in [2.24, 2.45) is 0 Å². The summed E-state index contributed by atoms with van der Waals surface area (Å²) in [5, 5.41) is 4.95. The number of fused-ring (bicyclic) bond motifs is 2. The van der Waals surface area contributed by atoms with Crippen molar-refractivity contribution in [2.75, 3.05) is 27.4 Å².